The van der Waals surface area contributed by atoms with E-state index in [0.29, 0.717) is 50.0 Å². The highest BCUT2D eigenvalue weighted by Crippen LogP contribution is 2.18. The third-order valence-electron chi connectivity index (χ3n) is 4.88. The lowest BCUT2D eigenvalue weighted by Crippen LogP contribution is -2.49. The molecule has 1 aromatic carbocycles. The quantitative estimate of drug-likeness (QED) is 0.822. The highest BCUT2D eigenvalue weighted by Gasteiger charge is 2.24. The summed E-state index contributed by atoms with van der Waals surface area (Å²) in [5.74, 6) is 1.20. The van der Waals surface area contributed by atoms with Crippen LogP contribution in [0.3, 0.4) is 0 Å². The molecule has 0 radical (unpaired) electrons. The lowest BCUT2D eigenvalue weighted by atomic mass is 9.97. The number of rotatable bonds is 6. The van der Waals surface area contributed by atoms with Crippen LogP contribution in [-0.4, -0.2) is 64.8 Å². The van der Waals surface area contributed by atoms with E-state index in [0.717, 1.165) is 12.0 Å². The summed E-state index contributed by atoms with van der Waals surface area (Å²) in [5.41, 5.74) is 1.05. The molecule has 28 heavy (non-hydrogen) atoms. The topological polar surface area (TPSA) is 78.8 Å². The van der Waals surface area contributed by atoms with E-state index in [-0.39, 0.29) is 5.91 Å². The molecule has 0 atom stereocenters. The highest BCUT2D eigenvalue weighted by molar-refractivity contribution is 5.94. The molecule has 0 aliphatic carbocycles. The molecule has 1 amide bonds. The van der Waals surface area contributed by atoms with Crippen LogP contribution in [-0.2, 0) is 6.42 Å². The van der Waals surface area contributed by atoms with Crippen LogP contribution in [0.15, 0.2) is 36.5 Å². The van der Waals surface area contributed by atoms with Crippen LogP contribution >= 0.6 is 0 Å². The van der Waals surface area contributed by atoms with Crippen LogP contribution < -0.4 is 9.64 Å². The average molecular weight is 384 g/mol. The molecule has 1 aromatic heterocycles. The molecule has 1 saturated heterocycles. The second-order valence-corrected chi connectivity index (χ2v) is 7.69. The minimum atomic E-state index is -0.710. The van der Waals surface area contributed by atoms with Crippen molar-refractivity contribution in [1.82, 2.24) is 14.9 Å². The maximum absolute atomic E-state index is 12.9. The zero-order valence-electron chi connectivity index (χ0n) is 16.8. The third kappa shape index (κ3) is 5.19. The summed E-state index contributed by atoms with van der Waals surface area (Å²) in [4.78, 5) is 25.5. The summed E-state index contributed by atoms with van der Waals surface area (Å²) < 4.78 is 5.16. The Kier molecular flexibility index (Phi) is 6.14. The fourth-order valence-corrected chi connectivity index (χ4v) is 3.20. The first-order valence-electron chi connectivity index (χ1n) is 9.58. The van der Waals surface area contributed by atoms with E-state index < -0.39 is 5.60 Å². The van der Waals surface area contributed by atoms with Crippen LogP contribution in [0.25, 0.3) is 0 Å². The number of methoxy groups -OCH3 is 1. The molecule has 0 spiro atoms. The lowest BCUT2D eigenvalue weighted by molar-refractivity contribution is 0.0714. The number of carbonyl (C=O) groups is 1. The smallest absolute Gasteiger partial charge is 0.253 e. The summed E-state index contributed by atoms with van der Waals surface area (Å²) in [6.07, 6.45) is 3.08. The lowest BCUT2D eigenvalue weighted by Gasteiger charge is -2.34. The average Bonchev–Trinajstić information content (AvgIpc) is 2.71. The van der Waals surface area contributed by atoms with Crippen molar-refractivity contribution in [3.05, 3.63) is 47.7 Å². The Bertz CT molecular complexity index is 811. The van der Waals surface area contributed by atoms with Crippen LogP contribution in [0.4, 0.5) is 5.95 Å². The van der Waals surface area contributed by atoms with Crippen LogP contribution in [0.5, 0.6) is 5.88 Å². The first-order chi connectivity index (χ1) is 13.4. The van der Waals surface area contributed by atoms with E-state index >= 15 is 0 Å². The van der Waals surface area contributed by atoms with Crippen molar-refractivity contribution in [2.45, 2.75) is 32.3 Å². The van der Waals surface area contributed by atoms with Crippen molar-refractivity contribution in [3.63, 3.8) is 0 Å². The number of piperazine rings is 1. The molecular weight excluding hydrogens is 356 g/mol. The van der Waals surface area contributed by atoms with E-state index in [1.165, 1.54) is 0 Å². The van der Waals surface area contributed by atoms with Crippen LogP contribution in [0.2, 0.25) is 0 Å². The Morgan fingerprint density at radius 1 is 1.21 bits per heavy atom. The van der Waals surface area contributed by atoms with Crippen molar-refractivity contribution in [2.75, 3.05) is 38.2 Å². The number of anilines is 1. The molecule has 0 unspecified atom stereocenters. The van der Waals surface area contributed by atoms with Gasteiger partial charge in [-0.2, -0.15) is 4.98 Å². The van der Waals surface area contributed by atoms with Gasteiger partial charge >= 0.3 is 0 Å². The van der Waals surface area contributed by atoms with Crippen molar-refractivity contribution < 1.29 is 14.6 Å². The monoisotopic (exact) mass is 384 g/mol. The van der Waals surface area contributed by atoms with Gasteiger partial charge in [-0.3, -0.25) is 4.79 Å². The fourth-order valence-electron chi connectivity index (χ4n) is 3.20. The van der Waals surface area contributed by atoms with E-state index in [1.807, 2.05) is 29.2 Å². The zero-order chi connectivity index (χ0) is 20.1. The predicted octanol–water partition coefficient (Wildman–Crippen LogP) is 2.15. The van der Waals surface area contributed by atoms with Gasteiger partial charge in [0.25, 0.3) is 5.91 Å². The molecule has 7 nitrogen and oxygen atoms in total. The van der Waals surface area contributed by atoms with Gasteiger partial charge < -0.3 is 19.6 Å². The first-order valence-corrected chi connectivity index (χ1v) is 9.58. The van der Waals surface area contributed by atoms with Gasteiger partial charge in [-0.05, 0) is 44.4 Å². The number of aromatic nitrogens is 2. The largest absolute Gasteiger partial charge is 0.481 e. The summed E-state index contributed by atoms with van der Waals surface area (Å²) in [6.45, 7) is 6.19. The Hall–Kier alpha value is -2.67. The minimum Gasteiger partial charge on any atom is -0.481 e. The standard InChI is InChI=1S/C21H28N4O3/c1-21(2,27)9-7-16-5-4-6-17(15-16)19(26)24-11-13-25(14-12-24)20-22-10-8-18(23-20)28-3/h4-6,8,10,15,27H,7,9,11-14H2,1-3H3. The van der Waals surface area contributed by atoms with Crippen LogP contribution in [0.1, 0.15) is 36.2 Å². The Morgan fingerprint density at radius 2 is 1.96 bits per heavy atom. The normalized spacial score (nSPS) is 14.9. The molecule has 1 fully saturated rings. The number of hydrogen-bond donors (Lipinski definition) is 1. The molecule has 7 heteroatoms. The van der Waals surface area contributed by atoms with Gasteiger partial charge in [-0.1, -0.05) is 12.1 Å². The predicted molar refractivity (Wildman–Crippen MR) is 108 cm³/mol. The van der Waals surface area contributed by atoms with Crippen molar-refractivity contribution >= 4 is 11.9 Å². The van der Waals surface area contributed by atoms with Crippen LogP contribution in [0, 0.1) is 0 Å². The zero-order valence-corrected chi connectivity index (χ0v) is 16.8. The van der Waals surface area contributed by atoms with Gasteiger partial charge in [0, 0.05) is 44.0 Å². The maximum atomic E-state index is 12.9. The molecular formula is C21H28N4O3. The van der Waals surface area contributed by atoms with Gasteiger partial charge in [-0.25, -0.2) is 4.98 Å². The first kappa shape index (κ1) is 20.1. The molecule has 150 valence electrons. The summed E-state index contributed by atoms with van der Waals surface area (Å²) in [5, 5.41) is 9.92. The number of nitrogens with zero attached hydrogens (tertiary/aromatic N) is 4. The molecule has 3 rings (SSSR count). The number of amides is 1. The Morgan fingerprint density at radius 3 is 2.64 bits per heavy atom. The molecule has 2 aromatic rings. The molecule has 1 N–H and O–H groups in total. The van der Waals surface area contributed by atoms with Gasteiger partial charge in [0.2, 0.25) is 11.8 Å². The number of aliphatic hydroxyl groups is 1. The molecule has 2 heterocycles. The second kappa shape index (κ2) is 8.56. The van der Waals surface area contributed by atoms with Gasteiger partial charge in [-0.15, -0.1) is 0 Å². The Labute approximate surface area is 166 Å². The second-order valence-electron chi connectivity index (χ2n) is 7.69. The van der Waals surface area contributed by atoms with E-state index in [4.69, 9.17) is 4.74 Å². The number of carbonyl (C=O) groups excluding carboxylic acids is 1. The molecule has 0 bridgehead atoms. The number of aryl methyl sites for hydroxylation is 1. The summed E-state index contributed by atoms with van der Waals surface area (Å²) >= 11 is 0. The van der Waals surface area contributed by atoms with Crippen molar-refractivity contribution in [1.29, 1.82) is 0 Å². The molecule has 1 aliphatic rings. The highest BCUT2D eigenvalue weighted by atomic mass is 16.5. The minimum absolute atomic E-state index is 0.0383. The third-order valence-corrected chi connectivity index (χ3v) is 4.88. The van der Waals surface area contributed by atoms with Gasteiger partial charge in [0.1, 0.15) is 0 Å². The van der Waals surface area contributed by atoms with Crippen molar-refractivity contribution in [2.24, 2.45) is 0 Å². The Balaban J connectivity index is 1.60. The van der Waals surface area contributed by atoms with Gasteiger partial charge in [0.15, 0.2) is 0 Å². The number of benzene rings is 1. The molecule has 1 aliphatic heterocycles. The fraction of sp³-hybridized carbons (Fsp3) is 0.476. The SMILES string of the molecule is COc1ccnc(N2CCN(C(=O)c3cccc(CCC(C)(C)O)c3)CC2)n1. The van der Waals surface area contributed by atoms with Gasteiger partial charge in [0.05, 0.1) is 12.7 Å². The van der Waals surface area contributed by atoms with Crippen molar-refractivity contribution in [3.8, 4) is 5.88 Å². The maximum Gasteiger partial charge on any atom is 0.253 e. The summed E-state index contributed by atoms with van der Waals surface area (Å²) in [6, 6.07) is 9.42. The number of ether oxygens (including phenoxy) is 1. The van der Waals surface area contributed by atoms with E-state index in [2.05, 4.69) is 14.9 Å². The summed E-state index contributed by atoms with van der Waals surface area (Å²) in [7, 11) is 1.58. The van der Waals surface area contributed by atoms with E-state index in [1.54, 1.807) is 33.2 Å². The van der Waals surface area contributed by atoms with E-state index in [9.17, 15) is 9.90 Å². The number of hydrogen-bond acceptors (Lipinski definition) is 6. The molecule has 0 saturated carbocycles.